The molecule has 0 aliphatic carbocycles. The number of methoxy groups -OCH3 is 1. The van der Waals surface area contributed by atoms with Crippen molar-refractivity contribution in [1.29, 1.82) is 0 Å². The lowest BCUT2D eigenvalue weighted by Gasteiger charge is -2.28. The second-order valence-electron chi connectivity index (χ2n) is 5.60. The third-order valence-corrected chi connectivity index (χ3v) is 3.07. The van der Waals surface area contributed by atoms with E-state index in [2.05, 4.69) is 23.7 Å². The van der Waals surface area contributed by atoms with Crippen molar-refractivity contribution in [2.75, 3.05) is 26.8 Å². The fourth-order valence-electron chi connectivity index (χ4n) is 2.15. The van der Waals surface area contributed by atoms with Gasteiger partial charge in [-0.15, -0.1) is 0 Å². The molecular formula is C17H25NO3. The summed E-state index contributed by atoms with van der Waals surface area (Å²) in [5, 5.41) is 18.8. The first-order chi connectivity index (χ1) is 9.89. The largest absolute Gasteiger partial charge is 0.497 e. The molecule has 0 saturated carbocycles. The molecule has 1 aromatic carbocycles. The smallest absolute Gasteiger partial charge is 0.119 e. The monoisotopic (exact) mass is 291 g/mol. The number of hydrogen-bond acceptors (Lipinski definition) is 4. The lowest BCUT2D eigenvalue weighted by molar-refractivity contribution is 0.0353. The standard InChI is InChI=1S/C17H25NO3/c1-5-18(13-17(2,3)20)12-15-11-16(21-4)9-8-14(15)7-6-10-19/h8-9,11,19-20H,5,10,12-13H2,1-4H3. The zero-order chi connectivity index (χ0) is 15.9. The maximum atomic E-state index is 9.98. The maximum absolute atomic E-state index is 9.98. The van der Waals surface area contributed by atoms with Crippen molar-refractivity contribution in [2.24, 2.45) is 0 Å². The molecule has 1 rings (SSSR count). The van der Waals surface area contributed by atoms with E-state index in [4.69, 9.17) is 9.84 Å². The minimum Gasteiger partial charge on any atom is -0.497 e. The van der Waals surface area contributed by atoms with Crippen LogP contribution in [0.4, 0.5) is 0 Å². The number of ether oxygens (including phenoxy) is 1. The van der Waals surface area contributed by atoms with Crippen LogP contribution in [0.2, 0.25) is 0 Å². The van der Waals surface area contributed by atoms with Gasteiger partial charge in [-0.2, -0.15) is 0 Å². The van der Waals surface area contributed by atoms with Crippen molar-refractivity contribution in [3.8, 4) is 17.6 Å². The van der Waals surface area contributed by atoms with Crippen molar-refractivity contribution in [3.05, 3.63) is 29.3 Å². The van der Waals surface area contributed by atoms with Gasteiger partial charge in [0.05, 0.1) is 12.7 Å². The normalized spacial score (nSPS) is 11.2. The Bertz CT molecular complexity index is 509. The highest BCUT2D eigenvalue weighted by Crippen LogP contribution is 2.20. The van der Waals surface area contributed by atoms with Gasteiger partial charge in [0.25, 0.3) is 0 Å². The van der Waals surface area contributed by atoms with Crippen molar-refractivity contribution in [2.45, 2.75) is 32.9 Å². The van der Waals surface area contributed by atoms with Crippen LogP contribution < -0.4 is 4.74 Å². The molecule has 0 spiro atoms. The summed E-state index contributed by atoms with van der Waals surface area (Å²) in [7, 11) is 1.63. The van der Waals surface area contributed by atoms with E-state index in [0.717, 1.165) is 23.4 Å². The zero-order valence-corrected chi connectivity index (χ0v) is 13.3. The number of aliphatic hydroxyl groups is 2. The van der Waals surface area contributed by atoms with E-state index >= 15 is 0 Å². The Balaban J connectivity index is 3.02. The van der Waals surface area contributed by atoms with Crippen LogP contribution in [0.3, 0.4) is 0 Å². The quantitative estimate of drug-likeness (QED) is 0.782. The Hall–Kier alpha value is -1.54. The van der Waals surface area contributed by atoms with Crippen molar-refractivity contribution in [3.63, 3.8) is 0 Å². The summed E-state index contributed by atoms with van der Waals surface area (Å²) in [5.74, 6) is 6.42. The van der Waals surface area contributed by atoms with Gasteiger partial charge in [-0.3, -0.25) is 4.90 Å². The minimum atomic E-state index is -0.744. The SMILES string of the molecule is CCN(Cc1cc(OC)ccc1C#CCO)CC(C)(C)O. The third kappa shape index (κ3) is 6.17. The molecule has 0 fully saturated rings. The van der Waals surface area contributed by atoms with Gasteiger partial charge in [0.2, 0.25) is 0 Å². The van der Waals surface area contributed by atoms with Crippen LogP contribution in [0, 0.1) is 11.8 Å². The molecule has 0 amide bonds. The average Bonchev–Trinajstić information content (AvgIpc) is 2.43. The summed E-state index contributed by atoms with van der Waals surface area (Å²) in [6.45, 7) is 7.58. The Morgan fingerprint density at radius 3 is 2.57 bits per heavy atom. The molecule has 0 unspecified atom stereocenters. The molecular weight excluding hydrogens is 266 g/mol. The highest BCUT2D eigenvalue weighted by atomic mass is 16.5. The molecule has 0 aliphatic rings. The Kier molecular flexibility index (Phi) is 6.70. The molecule has 0 bridgehead atoms. The van der Waals surface area contributed by atoms with E-state index in [1.54, 1.807) is 21.0 Å². The highest BCUT2D eigenvalue weighted by Gasteiger charge is 2.18. The summed E-state index contributed by atoms with van der Waals surface area (Å²) < 4.78 is 5.26. The molecule has 21 heavy (non-hydrogen) atoms. The van der Waals surface area contributed by atoms with Gasteiger partial charge >= 0.3 is 0 Å². The van der Waals surface area contributed by atoms with E-state index < -0.39 is 5.60 Å². The van der Waals surface area contributed by atoms with Crippen LogP contribution in [0.1, 0.15) is 31.9 Å². The summed E-state index contributed by atoms with van der Waals surface area (Å²) in [6, 6.07) is 5.71. The van der Waals surface area contributed by atoms with Gasteiger partial charge in [0.1, 0.15) is 12.4 Å². The highest BCUT2D eigenvalue weighted by molar-refractivity contribution is 5.45. The van der Waals surface area contributed by atoms with Crippen molar-refractivity contribution in [1.82, 2.24) is 4.90 Å². The molecule has 2 N–H and O–H groups in total. The van der Waals surface area contributed by atoms with E-state index in [9.17, 15) is 5.11 Å². The molecule has 0 aliphatic heterocycles. The molecule has 1 aromatic rings. The van der Waals surface area contributed by atoms with Crippen LogP contribution in [-0.4, -0.2) is 47.5 Å². The van der Waals surface area contributed by atoms with E-state index in [0.29, 0.717) is 13.1 Å². The van der Waals surface area contributed by atoms with Crippen molar-refractivity contribution >= 4 is 0 Å². The van der Waals surface area contributed by atoms with Crippen LogP contribution in [0.15, 0.2) is 18.2 Å². The summed E-state index contributed by atoms with van der Waals surface area (Å²) in [5.41, 5.74) is 1.16. The first-order valence-electron chi connectivity index (χ1n) is 7.11. The van der Waals surface area contributed by atoms with E-state index in [1.165, 1.54) is 0 Å². The fourth-order valence-corrected chi connectivity index (χ4v) is 2.15. The lowest BCUT2D eigenvalue weighted by atomic mass is 10.0. The number of aliphatic hydroxyl groups excluding tert-OH is 1. The number of rotatable bonds is 6. The second kappa shape index (κ2) is 8.04. The number of hydrogen-bond donors (Lipinski definition) is 2. The van der Waals surface area contributed by atoms with Crippen LogP contribution in [-0.2, 0) is 6.54 Å². The van der Waals surface area contributed by atoms with E-state index in [1.807, 2.05) is 18.2 Å². The number of likely N-dealkylation sites (N-methyl/N-ethyl adjacent to an activating group) is 1. The van der Waals surface area contributed by atoms with Crippen molar-refractivity contribution < 1.29 is 14.9 Å². The predicted molar refractivity (Wildman–Crippen MR) is 84.2 cm³/mol. The van der Waals surface area contributed by atoms with Crippen LogP contribution >= 0.6 is 0 Å². The van der Waals surface area contributed by atoms with Gasteiger partial charge in [-0.1, -0.05) is 18.8 Å². The Morgan fingerprint density at radius 1 is 1.33 bits per heavy atom. The van der Waals surface area contributed by atoms with Gasteiger partial charge in [-0.05, 0) is 44.2 Å². The molecule has 4 heteroatoms. The van der Waals surface area contributed by atoms with Gasteiger partial charge in [-0.25, -0.2) is 0 Å². The lowest BCUT2D eigenvalue weighted by Crippen LogP contribution is -2.38. The molecule has 0 radical (unpaired) electrons. The average molecular weight is 291 g/mol. The van der Waals surface area contributed by atoms with Crippen LogP contribution in [0.25, 0.3) is 0 Å². The van der Waals surface area contributed by atoms with Gasteiger partial charge < -0.3 is 14.9 Å². The summed E-state index contributed by atoms with van der Waals surface area (Å²) in [6.07, 6.45) is 0. The molecule has 0 atom stereocenters. The van der Waals surface area contributed by atoms with Crippen LogP contribution in [0.5, 0.6) is 5.75 Å². The Morgan fingerprint density at radius 2 is 2.05 bits per heavy atom. The first kappa shape index (κ1) is 17.5. The zero-order valence-electron chi connectivity index (χ0n) is 13.3. The molecule has 116 valence electrons. The summed E-state index contributed by atoms with van der Waals surface area (Å²) in [4.78, 5) is 2.15. The predicted octanol–water partition coefficient (Wildman–Crippen LogP) is 1.63. The van der Waals surface area contributed by atoms with E-state index in [-0.39, 0.29) is 6.61 Å². The third-order valence-electron chi connectivity index (χ3n) is 3.07. The number of nitrogens with zero attached hydrogens (tertiary/aromatic N) is 1. The second-order valence-corrected chi connectivity index (χ2v) is 5.60. The Labute approximate surface area is 127 Å². The fraction of sp³-hybridized carbons (Fsp3) is 0.529. The first-order valence-corrected chi connectivity index (χ1v) is 7.11. The molecule has 0 saturated heterocycles. The molecule has 0 heterocycles. The molecule has 0 aromatic heterocycles. The number of benzene rings is 1. The summed E-state index contributed by atoms with van der Waals surface area (Å²) >= 11 is 0. The van der Waals surface area contributed by atoms with Gasteiger partial charge in [0, 0.05) is 18.7 Å². The molecule has 4 nitrogen and oxygen atoms in total. The minimum absolute atomic E-state index is 0.160. The topological polar surface area (TPSA) is 52.9 Å². The maximum Gasteiger partial charge on any atom is 0.119 e. The van der Waals surface area contributed by atoms with Gasteiger partial charge in [0.15, 0.2) is 0 Å².